The summed E-state index contributed by atoms with van der Waals surface area (Å²) in [5, 5.41) is 27.7. The SMILES string of the molecule is O=C(O)CN1CCN(CC(=O)O)CCN(Cc2ccccc2)CCN(CC(=O)O)CC1.[Gd+3]. The molecule has 1 aliphatic heterocycles. The molecule has 10 nitrogen and oxygen atoms in total. The van der Waals surface area contributed by atoms with Crippen molar-refractivity contribution < 1.29 is 69.6 Å². The molecular weight excluding hydrogens is 562 g/mol. The number of hydrogen-bond acceptors (Lipinski definition) is 7. The van der Waals surface area contributed by atoms with Gasteiger partial charge in [0, 0.05) is 58.9 Å². The van der Waals surface area contributed by atoms with E-state index in [1.165, 1.54) is 0 Å². The van der Waals surface area contributed by atoms with Crippen LogP contribution in [0, 0.1) is 39.9 Å². The predicted molar refractivity (Wildman–Crippen MR) is 114 cm³/mol. The van der Waals surface area contributed by atoms with Crippen LogP contribution in [0.15, 0.2) is 30.3 Å². The summed E-state index contributed by atoms with van der Waals surface area (Å²) in [6, 6.07) is 9.95. The van der Waals surface area contributed by atoms with E-state index in [1.807, 2.05) is 40.1 Å². The quantitative estimate of drug-likeness (QED) is 0.369. The minimum absolute atomic E-state index is 0. The molecule has 3 N–H and O–H groups in total. The summed E-state index contributed by atoms with van der Waals surface area (Å²) in [5.41, 5.74) is 1.14. The molecule has 1 heterocycles. The smallest absolute Gasteiger partial charge is 0.480 e. The Morgan fingerprint density at radius 2 is 0.906 bits per heavy atom. The monoisotopic (exact) mass is 594 g/mol. The van der Waals surface area contributed by atoms with Crippen LogP contribution in [0.2, 0.25) is 0 Å². The van der Waals surface area contributed by atoms with Gasteiger partial charge in [0.1, 0.15) is 0 Å². The van der Waals surface area contributed by atoms with E-state index < -0.39 is 17.9 Å². The van der Waals surface area contributed by atoms with E-state index in [-0.39, 0.29) is 59.6 Å². The number of aliphatic carboxylic acids is 3. The third-order valence-corrected chi connectivity index (χ3v) is 5.26. The maximum absolute atomic E-state index is 11.3. The molecule has 1 fully saturated rings. The van der Waals surface area contributed by atoms with Gasteiger partial charge in [0.25, 0.3) is 0 Å². The first-order valence-corrected chi connectivity index (χ1v) is 10.4. The van der Waals surface area contributed by atoms with Crippen LogP contribution >= 0.6 is 0 Å². The van der Waals surface area contributed by atoms with E-state index in [2.05, 4.69) is 4.90 Å². The number of rotatable bonds is 8. The Morgan fingerprint density at radius 1 is 0.594 bits per heavy atom. The van der Waals surface area contributed by atoms with Crippen molar-refractivity contribution in [3.63, 3.8) is 0 Å². The molecule has 1 saturated heterocycles. The summed E-state index contributed by atoms with van der Waals surface area (Å²) in [7, 11) is 0. The molecule has 11 heteroatoms. The number of carboxylic acids is 3. The van der Waals surface area contributed by atoms with Crippen LogP contribution in [0.1, 0.15) is 5.56 Å². The molecule has 0 saturated carbocycles. The summed E-state index contributed by atoms with van der Waals surface area (Å²) in [4.78, 5) is 41.4. The molecule has 1 aliphatic rings. The van der Waals surface area contributed by atoms with Crippen LogP contribution in [0.4, 0.5) is 0 Å². The topological polar surface area (TPSA) is 125 Å². The number of carboxylic acid groups (broad SMARTS) is 3. The fourth-order valence-electron chi connectivity index (χ4n) is 3.63. The first-order valence-electron chi connectivity index (χ1n) is 10.4. The van der Waals surface area contributed by atoms with Gasteiger partial charge in [-0.05, 0) is 5.56 Å². The summed E-state index contributed by atoms with van der Waals surface area (Å²) in [6.07, 6.45) is 0. The second kappa shape index (κ2) is 15.6. The molecule has 2 rings (SSSR count). The average molecular weight is 594 g/mol. The van der Waals surface area contributed by atoms with Crippen molar-refractivity contribution >= 4 is 17.9 Å². The molecule has 0 bridgehead atoms. The van der Waals surface area contributed by atoms with Crippen molar-refractivity contribution in [3.8, 4) is 0 Å². The Bertz CT molecular complexity index is 692. The van der Waals surface area contributed by atoms with Gasteiger partial charge < -0.3 is 15.3 Å². The van der Waals surface area contributed by atoms with E-state index in [0.717, 1.165) is 5.56 Å². The van der Waals surface area contributed by atoms with Crippen molar-refractivity contribution in [3.05, 3.63) is 35.9 Å². The van der Waals surface area contributed by atoms with Gasteiger partial charge in [0.2, 0.25) is 0 Å². The van der Waals surface area contributed by atoms with Crippen LogP contribution < -0.4 is 0 Å². The second-order valence-corrected chi connectivity index (χ2v) is 7.77. The normalized spacial score (nSPS) is 18.1. The number of hydrogen-bond donors (Lipinski definition) is 3. The summed E-state index contributed by atoms with van der Waals surface area (Å²) >= 11 is 0. The Labute approximate surface area is 220 Å². The predicted octanol–water partition coefficient (Wildman–Crippen LogP) is -0.338. The maximum Gasteiger partial charge on any atom is 3.00 e. The van der Waals surface area contributed by atoms with Gasteiger partial charge in [0.15, 0.2) is 0 Å². The molecule has 0 spiro atoms. The molecule has 0 aliphatic carbocycles. The van der Waals surface area contributed by atoms with Crippen molar-refractivity contribution in [2.24, 2.45) is 0 Å². The van der Waals surface area contributed by atoms with E-state index in [9.17, 15) is 29.7 Å². The molecule has 32 heavy (non-hydrogen) atoms. The van der Waals surface area contributed by atoms with Crippen molar-refractivity contribution in [2.45, 2.75) is 6.54 Å². The third-order valence-electron chi connectivity index (χ3n) is 5.26. The van der Waals surface area contributed by atoms with E-state index in [0.29, 0.717) is 58.9 Å². The van der Waals surface area contributed by atoms with Crippen LogP contribution in [-0.4, -0.2) is 125 Å². The second-order valence-electron chi connectivity index (χ2n) is 7.77. The Balaban J connectivity index is 0.00000512. The van der Waals surface area contributed by atoms with E-state index >= 15 is 0 Å². The number of benzene rings is 1. The minimum atomic E-state index is -0.962. The standard InChI is InChI=1S/C21H32N4O6.Gd/c26-19(27)15-23-8-6-22(14-18-4-2-1-3-5-18)7-9-24(16-20(28)29)11-13-25(12-10-23)17-21(30)31;/h1-5H,6-17H2,(H,26,27)(H,28,29)(H,30,31);/q;+3. The van der Waals surface area contributed by atoms with Gasteiger partial charge in [-0.2, -0.15) is 0 Å². The van der Waals surface area contributed by atoms with Crippen LogP contribution in [0.25, 0.3) is 0 Å². The van der Waals surface area contributed by atoms with Gasteiger partial charge in [-0.25, -0.2) is 0 Å². The van der Waals surface area contributed by atoms with E-state index in [1.54, 1.807) is 4.90 Å². The largest absolute Gasteiger partial charge is 3.00 e. The molecule has 1 radical (unpaired) electrons. The molecule has 177 valence electrons. The average Bonchev–Trinajstić information content (AvgIpc) is 2.69. The van der Waals surface area contributed by atoms with Crippen molar-refractivity contribution in [2.75, 3.05) is 72.0 Å². The van der Waals surface area contributed by atoms with Gasteiger partial charge in [0.05, 0.1) is 19.6 Å². The zero-order valence-corrected chi connectivity index (χ0v) is 20.3. The van der Waals surface area contributed by atoms with Crippen LogP contribution in [0.5, 0.6) is 0 Å². The summed E-state index contributed by atoms with van der Waals surface area (Å²) in [6.45, 7) is 4.28. The third kappa shape index (κ3) is 12.1. The fraction of sp³-hybridized carbons (Fsp3) is 0.571. The number of carbonyl (C=O) groups is 3. The minimum Gasteiger partial charge on any atom is -0.480 e. The molecule has 1 aromatic rings. The van der Waals surface area contributed by atoms with Gasteiger partial charge in [-0.1, -0.05) is 30.3 Å². The zero-order chi connectivity index (χ0) is 22.6. The molecular formula is C21H32GdN4O6+3. The fourth-order valence-corrected chi connectivity index (χ4v) is 3.63. The van der Waals surface area contributed by atoms with E-state index in [4.69, 9.17) is 0 Å². The van der Waals surface area contributed by atoms with Gasteiger partial charge in [-0.3, -0.25) is 34.0 Å². The Kier molecular flexibility index (Phi) is 14.1. The van der Waals surface area contributed by atoms with Crippen molar-refractivity contribution in [1.82, 2.24) is 19.6 Å². The Hall–Kier alpha value is -1.21. The molecule has 0 aromatic heterocycles. The molecule has 0 unspecified atom stereocenters. The first kappa shape index (κ1) is 28.8. The first-order chi connectivity index (χ1) is 14.8. The van der Waals surface area contributed by atoms with Gasteiger partial charge in [-0.15, -0.1) is 0 Å². The maximum atomic E-state index is 11.3. The summed E-state index contributed by atoms with van der Waals surface area (Å²) < 4.78 is 0. The summed E-state index contributed by atoms with van der Waals surface area (Å²) in [5.74, 6) is -2.80. The molecule has 0 atom stereocenters. The van der Waals surface area contributed by atoms with Crippen molar-refractivity contribution in [1.29, 1.82) is 0 Å². The molecule has 1 aromatic carbocycles. The van der Waals surface area contributed by atoms with Gasteiger partial charge >= 0.3 is 57.8 Å². The number of nitrogens with zero attached hydrogens (tertiary/aromatic N) is 4. The zero-order valence-electron chi connectivity index (χ0n) is 18.1. The Morgan fingerprint density at radius 3 is 1.22 bits per heavy atom. The van der Waals surface area contributed by atoms with Crippen LogP contribution in [-0.2, 0) is 20.9 Å². The molecule has 0 amide bonds. The van der Waals surface area contributed by atoms with Crippen LogP contribution in [0.3, 0.4) is 0 Å².